The molecule has 56 valence electrons. The van der Waals surface area contributed by atoms with Gasteiger partial charge in [-0.15, -0.1) is 0 Å². The second kappa shape index (κ2) is 43.9. The minimum absolute atomic E-state index is 0. The van der Waals surface area contributed by atoms with E-state index in [4.69, 9.17) is 34.2 Å². The molecule has 12 heavy (non-hydrogen) atoms. The van der Waals surface area contributed by atoms with E-state index in [0.29, 0.717) is 0 Å². The second-order valence-electron chi connectivity index (χ2n) is 0.417. The van der Waals surface area contributed by atoms with Crippen LogP contribution in [0.15, 0.2) is 0 Å². The van der Waals surface area contributed by atoms with Gasteiger partial charge in [0.2, 0.25) is 0 Å². The predicted molar refractivity (Wildman–Crippen MR) is 15.4 cm³/mol. The number of carbonyl (C=O) groups excluding carboxylic acids is 5. The number of hydrogen-bond donors (Lipinski definition) is 0. The van der Waals surface area contributed by atoms with Gasteiger partial charge in [-0.1, -0.05) is 0 Å². The van der Waals surface area contributed by atoms with E-state index in [1.807, 2.05) is 0 Å². The summed E-state index contributed by atoms with van der Waals surface area (Å²) in [5, 5.41) is 16.7. The standard InChI is InChI=1S/CH2O3.2CO2.2Na/c2-1(3)4;2*2-1-3;;/h(H2,2,3,4);;;;/q;;;2*+1/p-2. The second-order valence-corrected chi connectivity index (χ2v) is 0.417. The van der Waals surface area contributed by atoms with Crippen LogP contribution in [0.4, 0.5) is 4.79 Å². The van der Waals surface area contributed by atoms with E-state index in [-0.39, 0.29) is 71.4 Å². The Balaban J connectivity index is -0.0000000191. The molecule has 0 aliphatic carbocycles. The molecule has 0 heterocycles. The number of carbonyl (C=O) groups is 1. The monoisotopic (exact) mass is 194 g/mol. The van der Waals surface area contributed by atoms with Crippen LogP contribution in [0.25, 0.3) is 0 Å². The summed E-state index contributed by atoms with van der Waals surface area (Å²) in [5.74, 6) is 0. The first-order valence-electron chi connectivity index (χ1n) is 1.43. The summed E-state index contributed by atoms with van der Waals surface area (Å²) in [6.45, 7) is 0. The topological polar surface area (TPSA) is 131 Å². The van der Waals surface area contributed by atoms with Crippen molar-refractivity contribution in [1.82, 2.24) is 0 Å². The van der Waals surface area contributed by atoms with Gasteiger partial charge in [-0.3, -0.25) is 0 Å². The molecule has 0 aromatic rings. The van der Waals surface area contributed by atoms with Crippen LogP contribution in [0.3, 0.4) is 0 Å². The zero-order valence-electron chi connectivity index (χ0n) is 6.36. The smallest absolute Gasteiger partial charge is 0.652 e. The van der Waals surface area contributed by atoms with Gasteiger partial charge >= 0.3 is 71.4 Å². The molecule has 0 N–H and O–H groups in total. The van der Waals surface area contributed by atoms with Gasteiger partial charge in [0.15, 0.2) is 0 Å². The molecule has 0 bridgehead atoms. The van der Waals surface area contributed by atoms with E-state index in [1.165, 1.54) is 0 Å². The fourth-order valence-corrected chi connectivity index (χ4v) is 0. The van der Waals surface area contributed by atoms with Crippen molar-refractivity contribution in [2.45, 2.75) is 0 Å². The zero-order chi connectivity index (χ0) is 8.99. The number of rotatable bonds is 0. The first kappa shape index (κ1) is 29.6. The number of carboxylic acid groups (broad SMARTS) is 2. The molecule has 0 aromatic heterocycles. The molecule has 0 radical (unpaired) electrons. The molecule has 0 aliphatic rings. The fourth-order valence-electron chi connectivity index (χ4n) is 0. The van der Waals surface area contributed by atoms with Crippen molar-refractivity contribution in [1.29, 1.82) is 0 Å². The molecule has 0 aliphatic heterocycles. The third-order valence-electron chi connectivity index (χ3n) is 0. The first-order valence-corrected chi connectivity index (χ1v) is 1.43. The van der Waals surface area contributed by atoms with E-state index in [1.54, 1.807) is 0 Å². The van der Waals surface area contributed by atoms with Crippen molar-refractivity contribution in [3.8, 4) is 0 Å². The molecule has 7 nitrogen and oxygen atoms in total. The van der Waals surface area contributed by atoms with Gasteiger partial charge in [0.25, 0.3) is 0 Å². The van der Waals surface area contributed by atoms with Crippen LogP contribution in [-0.2, 0) is 19.2 Å². The molecule has 0 spiro atoms. The third-order valence-corrected chi connectivity index (χ3v) is 0. The van der Waals surface area contributed by atoms with E-state index in [2.05, 4.69) is 0 Å². The third kappa shape index (κ3) is 909000. The Labute approximate surface area is 111 Å². The van der Waals surface area contributed by atoms with E-state index in [0.717, 1.165) is 0 Å². The summed E-state index contributed by atoms with van der Waals surface area (Å²) in [7, 11) is 0. The molecule has 0 rings (SSSR count). The molecular formula is C3Na2O7. The van der Waals surface area contributed by atoms with Crippen molar-refractivity contribution >= 4 is 18.5 Å². The normalized spacial score (nSPS) is 3.33. The van der Waals surface area contributed by atoms with Crippen molar-refractivity contribution in [3.05, 3.63) is 0 Å². The summed E-state index contributed by atoms with van der Waals surface area (Å²) in [6, 6.07) is 0. The summed E-state index contributed by atoms with van der Waals surface area (Å²) in [4.78, 5) is 40.8. The summed E-state index contributed by atoms with van der Waals surface area (Å²) in [6.07, 6.45) is -1.83. The van der Waals surface area contributed by atoms with Gasteiger partial charge in [0.1, 0.15) is 0 Å². The van der Waals surface area contributed by atoms with Crippen LogP contribution in [0.2, 0.25) is 0 Å². The van der Waals surface area contributed by atoms with E-state index < -0.39 is 6.16 Å². The Morgan fingerprint density at radius 1 is 0.833 bits per heavy atom. The van der Waals surface area contributed by atoms with Crippen molar-refractivity contribution in [3.63, 3.8) is 0 Å². The van der Waals surface area contributed by atoms with E-state index >= 15 is 0 Å². The maximum Gasteiger partial charge on any atom is 1.00 e. The zero-order valence-corrected chi connectivity index (χ0v) is 10.4. The Morgan fingerprint density at radius 2 is 0.833 bits per heavy atom. The molecule has 0 atom stereocenters. The maximum atomic E-state index is 8.33. The van der Waals surface area contributed by atoms with Crippen molar-refractivity contribution < 1.29 is 93.3 Å². The first-order chi connectivity index (χ1) is 4.56. The van der Waals surface area contributed by atoms with Gasteiger partial charge in [-0.25, -0.2) is 0 Å². The fraction of sp³-hybridized carbons (Fsp3) is 0. The van der Waals surface area contributed by atoms with Crippen molar-refractivity contribution in [2.75, 3.05) is 0 Å². The van der Waals surface area contributed by atoms with Crippen LogP contribution in [0.5, 0.6) is 0 Å². The predicted octanol–water partition coefficient (Wildman–Crippen LogP) is -9.61. The molecule has 0 saturated carbocycles. The summed E-state index contributed by atoms with van der Waals surface area (Å²) < 4.78 is 0. The van der Waals surface area contributed by atoms with Crippen LogP contribution < -0.4 is 69.3 Å². The largest absolute Gasteiger partial charge is 1.00 e. The van der Waals surface area contributed by atoms with Gasteiger partial charge in [-0.05, 0) is 6.16 Å². The number of hydrogen-bond acceptors (Lipinski definition) is 7. The molecule has 0 fully saturated rings. The average Bonchev–Trinajstić information content (AvgIpc) is 1.65. The Bertz CT molecular complexity index is 127. The summed E-state index contributed by atoms with van der Waals surface area (Å²) in [5.41, 5.74) is 0. The maximum absolute atomic E-state index is 8.33. The molecular weight excluding hydrogens is 194 g/mol. The molecule has 0 saturated heterocycles. The van der Waals surface area contributed by atoms with Crippen LogP contribution in [0, 0.1) is 0 Å². The Kier molecular flexibility index (Phi) is 108. The van der Waals surface area contributed by atoms with Crippen LogP contribution in [-0.4, -0.2) is 18.5 Å². The Hall–Kier alpha value is 0.0300. The van der Waals surface area contributed by atoms with Gasteiger partial charge in [0, 0.05) is 0 Å². The molecule has 9 heteroatoms. The minimum Gasteiger partial charge on any atom is -0.652 e. The van der Waals surface area contributed by atoms with Crippen LogP contribution in [0.1, 0.15) is 0 Å². The van der Waals surface area contributed by atoms with Gasteiger partial charge in [-0.2, -0.15) is 19.2 Å². The van der Waals surface area contributed by atoms with Crippen molar-refractivity contribution in [2.24, 2.45) is 0 Å². The van der Waals surface area contributed by atoms with E-state index in [9.17, 15) is 0 Å². The minimum atomic E-state index is -2.33. The molecule has 0 amide bonds. The van der Waals surface area contributed by atoms with Gasteiger partial charge in [0.05, 0.1) is 0 Å². The average molecular weight is 194 g/mol. The molecule has 0 aromatic carbocycles. The SMILES string of the molecule is O=C([O-])[O-].O=C=O.O=C=O.[Na+].[Na+]. The van der Waals surface area contributed by atoms with Gasteiger partial charge < -0.3 is 15.0 Å². The quantitative estimate of drug-likeness (QED) is 0.349. The van der Waals surface area contributed by atoms with Crippen LogP contribution >= 0.6 is 0 Å². The Morgan fingerprint density at radius 3 is 0.833 bits per heavy atom. The summed E-state index contributed by atoms with van der Waals surface area (Å²) >= 11 is 0. The molecule has 0 unspecified atom stereocenters.